The standard InChI is InChI=1S/C21H29ClN2O2/c22-17-6-2-5-16(13-17)21(7-9-26-10-8-21)20(25)24-19-14-3-1-4-15(19)12-18(23)11-14/h2,5-6,13-15,18-19H,1,3-4,7-12,23H2,(H,24,25). The van der Waals surface area contributed by atoms with Crippen LogP contribution < -0.4 is 11.1 Å². The molecule has 4 nitrogen and oxygen atoms in total. The number of nitrogens with two attached hydrogens (primary N) is 1. The Morgan fingerprint density at radius 2 is 1.88 bits per heavy atom. The van der Waals surface area contributed by atoms with Gasteiger partial charge in [0, 0.05) is 30.3 Å². The summed E-state index contributed by atoms with van der Waals surface area (Å²) >= 11 is 6.24. The molecule has 0 spiro atoms. The number of fused-ring (bicyclic) bond motifs is 2. The smallest absolute Gasteiger partial charge is 0.231 e. The Kier molecular flexibility index (Phi) is 5.27. The summed E-state index contributed by atoms with van der Waals surface area (Å²) in [7, 11) is 0. The fourth-order valence-corrected chi connectivity index (χ4v) is 5.66. The molecule has 1 amide bonds. The van der Waals surface area contributed by atoms with E-state index in [9.17, 15) is 4.79 Å². The molecule has 3 N–H and O–H groups in total. The lowest BCUT2D eigenvalue weighted by Crippen LogP contribution is -2.58. The van der Waals surface area contributed by atoms with Gasteiger partial charge in [0.2, 0.25) is 5.91 Å². The Balaban J connectivity index is 1.59. The summed E-state index contributed by atoms with van der Waals surface area (Å²) in [4.78, 5) is 13.6. The highest BCUT2D eigenvalue weighted by Gasteiger charge is 2.46. The van der Waals surface area contributed by atoms with Crippen molar-refractivity contribution < 1.29 is 9.53 Å². The van der Waals surface area contributed by atoms with Crippen LogP contribution in [0.15, 0.2) is 24.3 Å². The number of carbonyl (C=O) groups excluding carboxylic acids is 1. The molecular weight excluding hydrogens is 348 g/mol. The number of amides is 1. The van der Waals surface area contributed by atoms with Crippen molar-refractivity contribution in [3.05, 3.63) is 34.9 Å². The molecule has 2 bridgehead atoms. The molecule has 1 aromatic carbocycles. The van der Waals surface area contributed by atoms with Crippen LogP contribution in [-0.4, -0.2) is 31.2 Å². The topological polar surface area (TPSA) is 64.3 Å². The minimum atomic E-state index is -0.531. The lowest BCUT2D eigenvalue weighted by molar-refractivity contribution is -0.133. The lowest BCUT2D eigenvalue weighted by Gasteiger charge is -2.47. The van der Waals surface area contributed by atoms with Crippen molar-refractivity contribution in [3.8, 4) is 0 Å². The van der Waals surface area contributed by atoms with E-state index in [1.54, 1.807) is 0 Å². The minimum absolute atomic E-state index is 0.153. The van der Waals surface area contributed by atoms with Gasteiger partial charge in [-0.3, -0.25) is 4.79 Å². The number of halogens is 1. The quantitative estimate of drug-likeness (QED) is 0.849. The van der Waals surface area contributed by atoms with Gasteiger partial charge in [-0.1, -0.05) is 30.2 Å². The molecule has 3 fully saturated rings. The molecule has 4 rings (SSSR count). The van der Waals surface area contributed by atoms with Crippen LogP contribution in [0.5, 0.6) is 0 Å². The summed E-state index contributed by atoms with van der Waals surface area (Å²) in [6, 6.07) is 8.36. The zero-order chi connectivity index (χ0) is 18.1. The first-order chi connectivity index (χ1) is 12.6. The molecule has 5 heteroatoms. The summed E-state index contributed by atoms with van der Waals surface area (Å²) < 4.78 is 5.58. The average molecular weight is 377 g/mol. The van der Waals surface area contributed by atoms with Gasteiger partial charge in [-0.15, -0.1) is 0 Å². The number of nitrogens with one attached hydrogen (secondary N) is 1. The predicted octanol–water partition coefficient (Wildman–Crippen LogP) is 3.41. The van der Waals surface area contributed by atoms with Crippen LogP contribution in [-0.2, 0) is 14.9 Å². The molecule has 3 aliphatic rings. The first-order valence-corrected chi connectivity index (χ1v) is 10.4. The largest absolute Gasteiger partial charge is 0.381 e. The van der Waals surface area contributed by atoms with E-state index < -0.39 is 5.41 Å². The molecular formula is C21H29ClN2O2. The van der Waals surface area contributed by atoms with Gasteiger partial charge >= 0.3 is 0 Å². The highest BCUT2D eigenvalue weighted by atomic mass is 35.5. The van der Waals surface area contributed by atoms with Gasteiger partial charge < -0.3 is 15.8 Å². The second-order valence-corrected chi connectivity index (χ2v) is 8.82. The average Bonchev–Trinajstić information content (AvgIpc) is 2.63. The third kappa shape index (κ3) is 3.39. The Morgan fingerprint density at radius 1 is 1.19 bits per heavy atom. The molecule has 2 aliphatic carbocycles. The number of rotatable bonds is 3. The Bertz CT molecular complexity index is 645. The van der Waals surface area contributed by atoms with Gasteiger partial charge in [-0.2, -0.15) is 0 Å². The molecule has 1 saturated heterocycles. The molecule has 1 aromatic rings. The zero-order valence-electron chi connectivity index (χ0n) is 15.3. The van der Waals surface area contributed by atoms with Crippen molar-refractivity contribution in [2.75, 3.05) is 13.2 Å². The van der Waals surface area contributed by atoms with Gasteiger partial charge in [0.15, 0.2) is 0 Å². The minimum Gasteiger partial charge on any atom is -0.381 e. The Morgan fingerprint density at radius 3 is 2.54 bits per heavy atom. The van der Waals surface area contributed by atoms with E-state index in [2.05, 4.69) is 5.32 Å². The number of benzene rings is 1. The maximum absolute atomic E-state index is 13.6. The number of hydrogen-bond donors (Lipinski definition) is 2. The highest BCUT2D eigenvalue weighted by Crippen LogP contribution is 2.42. The van der Waals surface area contributed by atoms with Crippen molar-refractivity contribution in [2.45, 2.75) is 62.4 Å². The third-order valence-electron chi connectivity index (χ3n) is 6.83. The van der Waals surface area contributed by atoms with E-state index in [4.69, 9.17) is 22.1 Å². The molecule has 1 heterocycles. The molecule has 2 unspecified atom stereocenters. The molecule has 2 atom stereocenters. The fourth-order valence-electron chi connectivity index (χ4n) is 5.47. The lowest BCUT2D eigenvalue weighted by atomic mass is 9.66. The summed E-state index contributed by atoms with van der Waals surface area (Å²) in [5.74, 6) is 1.20. The van der Waals surface area contributed by atoms with E-state index in [1.807, 2.05) is 24.3 Å². The van der Waals surface area contributed by atoms with Crippen molar-refractivity contribution in [2.24, 2.45) is 17.6 Å². The maximum Gasteiger partial charge on any atom is 0.231 e. The monoisotopic (exact) mass is 376 g/mol. The fraction of sp³-hybridized carbons (Fsp3) is 0.667. The number of carbonyl (C=O) groups is 1. The number of hydrogen-bond acceptors (Lipinski definition) is 3. The maximum atomic E-state index is 13.6. The molecule has 1 aliphatic heterocycles. The van der Waals surface area contributed by atoms with E-state index in [0.29, 0.717) is 49.0 Å². The molecule has 2 saturated carbocycles. The van der Waals surface area contributed by atoms with Crippen molar-refractivity contribution >= 4 is 17.5 Å². The molecule has 0 aromatic heterocycles. The Hall–Kier alpha value is -1.10. The van der Waals surface area contributed by atoms with E-state index in [1.165, 1.54) is 19.3 Å². The van der Waals surface area contributed by atoms with Crippen LogP contribution in [0.25, 0.3) is 0 Å². The predicted molar refractivity (Wildman–Crippen MR) is 103 cm³/mol. The molecule has 142 valence electrons. The number of ether oxygens (including phenoxy) is 1. The highest BCUT2D eigenvalue weighted by molar-refractivity contribution is 6.30. The molecule has 26 heavy (non-hydrogen) atoms. The summed E-state index contributed by atoms with van der Waals surface area (Å²) in [6.45, 7) is 1.23. The van der Waals surface area contributed by atoms with Crippen LogP contribution in [0.3, 0.4) is 0 Å². The molecule has 0 radical (unpaired) electrons. The second kappa shape index (κ2) is 7.49. The van der Waals surface area contributed by atoms with Crippen LogP contribution >= 0.6 is 11.6 Å². The Labute approximate surface area is 160 Å². The van der Waals surface area contributed by atoms with Crippen LogP contribution in [0.4, 0.5) is 0 Å². The van der Waals surface area contributed by atoms with E-state index in [-0.39, 0.29) is 11.9 Å². The normalized spacial score (nSPS) is 33.5. The van der Waals surface area contributed by atoms with Crippen molar-refractivity contribution in [3.63, 3.8) is 0 Å². The summed E-state index contributed by atoms with van der Waals surface area (Å²) in [5, 5.41) is 4.16. The van der Waals surface area contributed by atoms with Crippen molar-refractivity contribution in [1.29, 1.82) is 0 Å². The van der Waals surface area contributed by atoms with Crippen LogP contribution in [0.1, 0.15) is 50.5 Å². The van der Waals surface area contributed by atoms with Gasteiger partial charge in [-0.05, 0) is 68.1 Å². The van der Waals surface area contributed by atoms with Crippen molar-refractivity contribution in [1.82, 2.24) is 5.32 Å². The first kappa shape index (κ1) is 18.3. The van der Waals surface area contributed by atoms with Gasteiger partial charge in [0.05, 0.1) is 5.41 Å². The first-order valence-electron chi connectivity index (χ1n) is 9.99. The van der Waals surface area contributed by atoms with E-state index in [0.717, 1.165) is 18.4 Å². The van der Waals surface area contributed by atoms with Gasteiger partial charge in [0.25, 0.3) is 0 Å². The second-order valence-electron chi connectivity index (χ2n) is 8.39. The van der Waals surface area contributed by atoms with Gasteiger partial charge in [-0.25, -0.2) is 0 Å². The SMILES string of the molecule is NC1CC2CCCC(C1)C2NC(=O)C1(c2cccc(Cl)c2)CCOCC1. The van der Waals surface area contributed by atoms with E-state index >= 15 is 0 Å². The van der Waals surface area contributed by atoms with Crippen LogP contribution in [0, 0.1) is 11.8 Å². The van der Waals surface area contributed by atoms with Gasteiger partial charge in [0.1, 0.15) is 0 Å². The third-order valence-corrected chi connectivity index (χ3v) is 7.07. The summed E-state index contributed by atoms with van der Waals surface area (Å²) in [5.41, 5.74) is 6.74. The summed E-state index contributed by atoms with van der Waals surface area (Å²) in [6.07, 6.45) is 7.12. The zero-order valence-corrected chi connectivity index (χ0v) is 16.0. The van der Waals surface area contributed by atoms with Crippen LogP contribution in [0.2, 0.25) is 5.02 Å².